The van der Waals surface area contributed by atoms with Crippen LogP contribution in [0, 0.1) is 0 Å². The highest BCUT2D eigenvalue weighted by Crippen LogP contribution is 2.05. The molecule has 0 amide bonds. The number of hydrogen-bond acceptors (Lipinski definition) is 11. The number of rotatable bonds is 18. The second-order valence-corrected chi connectivity index (χ2v) is 6.97. The first-order valence-corrected chi connectivity index (χ1v) is 9.11. The van der Waals surface area contributed by atoms with Crippen LogP contribution in [0.5, 0.6) is 0 Å². The van der Waals surface area contributed by atoms with Gasteiger partial charge in [0.15, 0.2) is 0 Å². The molecular weight excluding hydrogens is 416 g/mol. The molecule has 0 heterocycles. The van der Waals surface area contributed by atoms with Crippen molar-refractivity contribution in [1.82, 2.24) is 0 Å². The number of carboxylic acids is 1. The first-order valence-electron chi connectivity index (χ1n) is 9.11. The van der Waals surface area contributed by atoms with E-state index in [1.165, 1.54) is 6.92 Å². The molecule has 0 saturated carbocycles. The molecule has 11 nitrogen and oxygen atoms in total. The minimum absolute atomic E-state index is 0.432. The van der Waals surface area contributed by atoms with Crippen molar-refractivity contribution in [2.45, 2.75) is 64.7 Å². The Kier molecular flexibility index (Phi) is 12.1. The minimum atomic E-state index is -1.67. The number of carbonyl (C=O) groups is 10. The molecule has 0 saturated heterocycles. The Morgan fingerprint density at radius 2 is 0.581 bits per heavy atom. The van der Waals surface area contributed by atoms with Crippen LogP contribution in [0.15, 0.2) is 0 Å². The van der Waals surface area contributed by atoms with Gasteiger partial charge in [-0.1, -0.05) is 0 Å². The minimum Gasteiger partial charge on any atom is -0.550 e. The lowest BCUT2D eigenvalue weighted by atomic mass is 9.99. The fraction of sp³-hybridized carbons (Fsp3) is 0.500. The highest BCUT2D eigenvalue weighted by molar-refractivity contribution is 6.17. The summed E-state index contributed by atoms with van der Waals surface area (Å²) in [5, 5.41) is 10.2. The molecule has 0 unspecified atom stereocenters. The van der Waals surface area contributed by atoms with Crippen LogP contribution in [0.4, 0.5) is 0 Å². The molecule has 0 atom stereocenters. The van der Waals surface area contributed by atoms with Crippen molar-refractivity contribution in [3.8, 4) is 0 Å². The van der Waals surface area contributed by atoms with Crippen LogP contribution in [0.3, 0.4) is 0 Å². The van der Waals surface area contributed by atoms with E-state index in [2.05, 4.69) is 0 Å². The summed E-state index contributed by atoms with van der Waals surface area (Å²) in [6.07, 6.45) is -6.67. The summed E-state index contributed by atoms with van der Waals surface area (Å²) in [4.78, 5) is 113. The highest BCUT2D eigenvalue weighted by Gasteiger charge is 2.21. The molecule has 0 radical (unpaired) electrons. The van der Waals surface area contributed by atoms with Crippen LogP contribution in [-0.4, -0.2) is 58.0 Å². The van der Waals surface area contributed by atoms with E-state index in [9.17, 15) is 53.1 Å². The van der Waals surface area contributed by atoms with E-state index in [1.54, 1.807) is 0 Å². The molecule has 0 aromatic carbocycles. The van der Waals surface area contributed by atoms with Crippen LogP contribution in [0.2, 0.25) is 0 Å². The molecule has 168 valence electrons. The fourth-order valence-corrected chi connectivity index (χ4v) is 2.48. The molecule has 0 aliphatic heterocycles. The number of carbonyl (C=O) groups excluding carboxylic acids is 10. The molecule has 0 aliphatic rings. The second-order valence-electron chi connectivity index (χ2n) is 6.97. The topological polar surface area (TPSA) is 194 Å². The fourth-order valence-electron chi connectivity index (χ4n) is 2.48. The lowest BCUT2D eigenvalue weighted by Gasteiger charge is -2.03. The molecule has 0 spiro atoms. The SMILES string of the molecule is CC(=O)CC(=O)CC(=O)CC(=O)CC(=O)CC(=O)CC(=O)CC(=O)CC(=O)CC(=O)[O-]. The molecule has 0 N–H and O–H groups in total. The van der Waals surface area contributed by atoms with Crippen LogP contribution in [0.25, 0.3) is 0 Å². The van der Waals surface area contributed by atoms with Gasteiger partial charge in [0.1, 0.15) is 52.0 Å². The summed E-state index contributed by atoms with van der Waals surface area (Å²) in [5.74, 6) is -8.80. The zero-order valence-corrected chi connectivity index (χ0v) is 16.9. The molecule has 31 heavy (non-hydrogen) atoms. The maximum absolute atomic E-state index is 11.7. The van der Waals surface area contributed by atoms with Gasteiger partial charge < -0.3 is 9.90 Å². The summed E-state index contributed by atoms with van der Waals surface area (Å²) in [5.41, 5.74) is 0. The van der Waals surface area contributed by atoms with Crippen molar-refractivity contribution >= 4 is 58.0 Å². The van der Waals surface area contributed by atoms with E-state index in [0.29, 0.717) is 0 Å². The van der Waals surface area contributed by atoms with Crippen LogP contribution in [0.1, 0.15) is 64.7 Å². The van der Waals surface area contributed by atoms with Gasteiger partial charge in [-0.3, -0.25) is 43.2 Å². The van der Waals surface area contributed by atoms with Crippen LogP contribution >= 0.6 is 0 Å². The quantitative estimate of drug-likeness (QED) is 0.224. The van der Waals surface area contributed by atoms with Gasteiger partial charge in [-0.05, 0) is 6.92 Å². The third-order valence-electron chi connectivity index (χ3n) is 3.55. The Labute approximate surface area is 176 Å². The standard InChI is InChI=1S/C20H22O11/c1-11(21)2-12(22)3-13(23)4-14(24)5-15(25)6-16(26)7-17(27)8-18(28)9-19(29)10-20(30)31/h2-10H2,1H3,(H,30,31)/p-1. The van der Waals surface area contributed by atoms with E-state index in [0.717, 1.165) is 0 Å². The molecule has 0 bridgehead atoms. The summed E-state index contributed by atoms with van der Waals surface area (Å²) >= 11 is 0. The summed E-state index contributed by atoms with van der Waals surface area (Å²) < 4.78 is 0. The number of hydrogen-bond donors (Lipinski definition) is 0. The Balaban J connectivity index is 4.31. The van der Waals surface area contributed by atoms with Gasteiger partial charge in [-0.2, -0.15) is 0 Å². The summed E-state index contributed by atoms with van der Waals surface area (Å²) in [7, 11) is 0. The average Bonchev–Trinajstić information content (AvgIpc) is 2.50. The molecule has 0 aromatic heterocycles. The van der Waals surface area contributed by atoms with Gasteiger partial charge >= 0.3 is 0 Å². The molecule has 0 aliphatic carbocycles. The molecule has 0 rings (SSSR count). The van der Waals surface area contributed by atoms with Gasteiger partial charge in [0, 0.05) is 12.4 Å². The molecule has 0 aromatic rings. The number of Topliss-reactive ketones (excluding diaryl/α,β-unsaturated/α-hetero) is 9. The Morgan fingerprint density at radius 1 is 0.387 bits per heavy atom. The predicted octanol–water partition coefficient (Wildman–Crippen LogP) is -1.61. The average molecular weight is 437 g/mol. The number of ketones is 9. The Bertz CT molecular complexity index is 764. The van der Waals surface area contributed by atoms with Gasteiger partial charge in [0.2, 0.25) is 0 Å². The zero-order chi connectivity index (χ0) is 24.1. The first-order chi connectivity index (χ1) is 14.3. The van der Waals surface area contributed by atoms with Crippen molar-refractivity contribution in [3.05, 3.63) is 0 Å². The van der Waals surface area contributed by atoms with Crippen molar-refractivity contribution in [3.63, 3.8) is 0 Å². The van der Waals surface area contributed by atoms with Crippen molar-refractivity contribution < 1.29 is 53.1 Å². The molecule has 11 heteroatoms. The normalized spacial score (nSPS) is 10.1. The highest BCUT2D eigenvalue weighted by atomic mass is 16.4. The van der Waals surface area contributed by atoms with Crippen LogP contribution in [-0.2, 0) is 47.9 Å². The smallest absolute Gasteiger partial charge is 0.147 e. The molecule has 0 fully saturated rings. The summed E-state index contributed by atoms with van der Waals surface area (Å²) in [6, 6.07) is 0. The van der Waals surface area contributed by atoms with Crippen molar-refractivity contribution in [1.29, 1.82) is 0 Å². The Hall–Kier alpha value is -3.50. The lowest BCUT2D eigenvalue weighted by Crippen LogP contribution is -2.26. The zero-order valence-electron chi connectivity index (χ0n) is 16.9. The van der Waals surface area contributed by atoms with Crippen molar-refractivity contribution in [2.75, 3.05) is 0 Å². The lowest BCUT2D eigenvalue weighted by molar-refractivity contribution is -0.304. The van der Waals surface area contributed by atoms with E-state index < -0.39 is 116 Å². The van der Waals surface area contributed by atoms with Gasteiger partial charge in [-0.15, -0.1) is 0 Å². The van der Waals surface area contributed by atoms with Gasteiger partial charge in [0.25, 0.3) is 0 Å². The molecular formula is C20H21O11-. The summed E-state index contributed by atoms with van der Waals surface area (Å²) in [6.45, 7) is 1.17. The van der Waals surface area contributed by atoms with E-state index >= 15 is 0 Å². The third kappa shape index (κ3) is 15.1. The van der Waals surface area contributed by atoms with Gasteiger partial charge in [0.05, 0.1) is 51.4 Å². The number of aliphatic carboxylic acids is 1. The second kappa shape index (κ2) is 13.7. The van der Waals surface area contributed by atoms with E-state index in [-0.39, 0.29) is 0 Å². The third-order valence-corrected chi connectivity index (χ3v) is 3.55. The predicted molar refractivity (Wildman–Crippen MR) is 97.3 cm³/mol. The largest absolute Gasteiger partial charge is 0.550 e. The Morgan fingerprint density at radius 3 is 0.774 bits per heavy atom. The maximum atomic E-state index is 11.7. The van der Waals surface area contributed by atoms with E-state index in [4.69, 9.17) is 0 Å². The monoisotopic (exact) mass is 437 g/mol. The first kappa shape index (κ1) is 27.5. The van der Waals surface area contributed by atoms with Crippen LogP contribution < -0.4 is 5.11 Å². The maximum Gasteiger partial charge on any atom is 0.147 e. The van der Waals surface area contributed by atoms with E-state index in [1.807, 2.05) is 0 Å². The van der Waals surface area contributed by atoms with Gasteiger partial charge in [-0.25, -0.2) is 0 Å². The number of carboxylic acid groups (broad SMARTS) is 1. The van der Waals surface area contributed by atoms with Crippen molar-refractivity contribution in [2.24, 2.45) is 0 Å².